The van der Waals surface area contributed by atoms with Crippen molar-refractivity contribution in [2.75, 3.05) is 13.2 Å². The van der Waals surface area contributed by atoms with Crippen molar-refractivity contribution in [3.63, 3.8) is 0 Å². The van der Waals surface area contributed by atoms with Gasteiger partial charge in [-0.15, -0.1) is 0 Å². The minimum Gasteiger partial charge on any atom is -0.491 e. The summed E-state index contributed by atoms with van der Waals surface area (Å²) in [5.41, 5.74) is 3.87. The summed E-state index contributed by atoms with van der Waals surface area (Å²) in [6, 6.07) is 14.1. The van der Waals surface area contributed by atoms with Gasteiger partial charge in [-0.05, 0) is 73.9 Å². The molecule has 2 aromatic rings. The Labute approximate surface area is 161 Å². The second kappa shape index (κ2) is 9.45. The van der Waals surface area contributed by atoms with E-state index in [2.05, 4.69) is 17.4 Å². The van der Waals surface area contributed by atoms with Gasteiger partial charge in [0.15, 0.2) is 6.10 Å². The molecule has 0 fully saturated rings. The van der Waals surface area contributed by atoms with Gasteiger partial charge in [-0.1, -0.05) is 31.2 Å². The molecule has 4 nitrogen and oxygen atoms in total. The van der Waals surface area contributed by atoms with E-state index >= 15 is 0 Å². The third-order valence-corrected chi connectivity index (χ3v) is 5.01. The Morgan fingerprint density at radius 2 is 1.89 bits per heavy atom. The molecule has 1 N–H and O–H groups in total. The Balaban J connectivity index is 1.48. The SMILES string of the molecule is CC[C@@H](Oc1ccc2c(c1)CCCC2)C(=O)NCCOc1ccccc1C. The first-order valence-electron chi connectivity index (χ1n) is 9.92. The van der Waals surface area contributed by atoms with Gasteiger partial charge in [-0.2, -0.15) is 0 Å². The third kappa shape index (κ3) is 5.25. The minimum atomic E-state index is -0.481. The zero-order valence-electron chi connectivity index (χ0n) is 16.3. The highest BCUT2D eigenvalue weighted by Crippen LogP contribution is 2.26. The number of hydrogen-bond donors (Lipinski definition) is 1. The smallest absolute Gasteiger partial charge is 0.261 e. The number of carbonyl (C=O) groups is 1. The van der Waals surface area contributed by atoms with E-state index in [1.54, 1.807) is 0 Å². The highest BCUT2D eigenvalue weighted by Gasteiger charge is 2.19. The molecule has 1 atom stereocenters. The first kappa shape index (κ1) is 19.3. The molecule has 3 rings (SSSR count). The van der Waals surface area contributed by atoms with Crippen molar-refractivity contribution in [2.45, 2.75) is 52.1 Å². The van der Waals surface area contributed by atoms with E-state index in [1.807, 2.05) is 44.2 Å². The first-order chi connectivity index (χ1) is 13.2. The zero-order chi connectivity index (χ0) is 19.1. The molecule has 0 unspecified atom stereocenters. The minimum absolute atomic E-state index is 0.0939. The van der Waals surface area contributed by atoms with Crippen LogP contribution in [-0.2, 0) is 17.6 Å². The molecule has 0 spiro atoms. The van der Waals surface area contributed by atoms with E-state index in [-0.39, 0.29) is 5.91 Å². The Bertz CT molecular complexity index is 772. The van der Waals surface area contributed by atoms with Crippen molar-refractivity contribution in [1.82, 2.24) is 5.32 Å². The van der Waals surface area contributed by atoms with Crippen LogP contribution in [-0.4, -0.2) is 25.2 Å². The lowest BCUT2D eigenvalue weighted by molar-refractivity contribution is -0.128. The molecule has 0 bridgehead atoms. The molecular formula is C23H29NO3. The molecule has 144 valence electrons. The quantitative estimate of drug-likeness (QED) is 0.711. The Morgan fingerprint density at radius 3 is 2.67 bits per heavy atom. The number of fused-ring (bicyclic) bond motifs is 1. The van der Waals surface area contributed by atoms with Crippen molar-refractivity contribution in [1.29, 1.82) is 0 Å². The van der Waals surface area contributed by atoms with Crippen LogP contribution in [0.2, 0.25) is 0 Å². The fourth-order valence-corrected chi connectivity index (χ4v) is 3.44. The molecule has 2 aromatic carbocycles. The lowest BCUT2D eigenvalue weighted by Crippen LogP contribution is -2.39. The largest absolute Gasteiger partial charge is 0.491 e. The normalized spacial score (nSPS) is 14.1. The summed E-state index contributed by atoms with van der Waals surface area (Å²) in [5.74, 6) is 1.54. The molecule has 4 heteroatoms. The van der Waals surface area contributed by atoms with Crippen LogP contribution in [0.1, 0.15) is 42.9 Å². The Hall–Kier alpha value is -2.49. The lowest BCUT2D eigenvalue weighted by atomic mass is 9.92. The maximum atomic E-state index is 12.5. The number of hydrogen-bond acceptors (Lipinski definition) is 3. The summed E-state index contributed by atoms with van der Waals surface area (Å²) in [4.78, 5) is 12.5. The summed E-state index contributed by atoms with van der Waals surface area (Å²) < 4.78 is 11.7. The average molecular weight is 367 g/mol. The number of rotatable bonds is 8. The number of nitrogens with one attached hydrogen (secondary N) is 1. The van der Waals surface area contributed by atoms with Gasteiger partial charge in [0.1, 0.15) is 18.1 Å². The zero-order valence-corrected chi connectivity index (χ0v) is 16.3. The summed E-state index contributed by atoms with van der Waals surface area (Å²) in [6.45, 7) is 4.86. The Morgan fingerprint density at radius 1 is 1.11 bits per heavy atom. The van der Waals surface area contributed by atoms with Crippen LogP contribution >= 0.6 is 0 Å². The van der Waals surface area contributed by atoms with Gasteiger partial charge in [0.2, 0.25) is 0 Å². The molecule has 1 amide bonds. The molecule has 0 heterocycles. The van der Waals surface area contributed by atoms with Crippen molar-refractivity contribution in [3.8, 4) is 11.5 Å². The maximum Gasteiger partial charge on any atom is 0.261 e. The van der Waals surface area contributed by atoms with E-state index in [9.17, 15) is 4.79 Å². The van der Waals surface area contributed by atoms with Crippen molar-refractivity contribution in [3.05, 3.63) is 59.2 Å². The van der Waals surface area contributed by atoms with Gasteiger partial charge in [0.05, 0.1) is 6.54 Å². The molecule has 0 radical (unpaired) electrons. The number of ether oxygens (including phenoxy) is 2. The van der Waals surface area contributed by atoms with E-state index in [1.165, 1.54) is 24.0 Å². The average Bonchev–Trinajstić information content (AvgIpc) is 2.70. The molecule has 27 heavy (non-hydrogen) atoms. The molecule has 0 saturated carbocycles. The van der Waals surface area contributed by atoms with Crippen LogP contribution in [0.5, 0.6) is 11.5 Å². The van der Waals surface area contributed by atoms with E-state index < -0.39 is 6.10 Å². The second-order valence-corrected chi connectivity index (χ2v) is 7.06. The summed E-state index contributed by atoms with van der Waals surface area (Å²) >= 11 is 0. The maximum absolute atomic E-state index is 12.5. The van der Waals surface area contributed by atoms with E-state index in [0.717, 1.165) is 29.9 Å². The van der Waals surface area contributed by atoms with Crippen molar-refractivity contribution >= 4 is 5.91 Å². The predicted molar refractivity (Wildman–Crippen MR) is 107 cm³/mol. The number of para-hydroxylation sites is 1. The monoisotopic (exact) mass is 367 g/mol. The highest BCUT2D eigenvalue weighted by molar-refractivity contribution is 5.81. The van der Waals surface area contributed by atoms with Crippen LogP contribution in [0, 0.1) is 6.92 Å². The topological polar surface area (TPSA) is 47.6 Å². The number of carbonyl (C=O) groups excluding carboxylic acids is 1. The third-order valence-electron chi connectivity index (χ3n) is 5.01. The van der Waals surface area contributed by atoms with Crippen LogP contribution in [0.25, 0.3) is 0 Å². The van der Waals surface area contributed by atoms with Gasteiger partial charge in [0, 0.05) is 0 Å². The first-order valence-corrected chi connectivity index (χ1v) is 9.92. The van der Waals surface area contributed by atoms with Gasteiger partial charge in [0.25, 0.3) is 5.91 Å². The number of amides is 1. The van der Waals surface area contributed by atoms with Gasteiger partial charge in [-0.3, -0.25) is 4.79 Å². The summed E-state index contributed by atoms with van der Waals surface area (Å²) in [7, 11) is 0. The molecule has 1 aliphatic rings. The van der Waals surface area contributed by atoms with Crippen molar-refractivity contribution < 1.29 is 14.3 Å². The summed E-state index contributed by atoms with van der Waals surface area (Å²) in [5, 5.41) is 2.92. The van der Waals surface area contributed by atoms with Gasteiger partial charge in [-0.25, -0.2) is 0 Å². The van der Waals surface area contributed by atoms with Gasteiger partial charge < -0.3 is 14.8 Å². The molecule has 0 aromatic heterocycles. The molecule has 0 aliphatic heterocycles. The van der Waals surface area contributed by atoms with Crippen LogP contribution in [0.4, 0.5) is 0 Å². The van der Waals surface area contributed by atoms with E-state index in [4.69, 9.17) is 9.47 Å². The fraction of sp³-hybridized carbons (Fsp3) is 0.435. The van der Waals surface area contributed by atoms with Crippen LogP contribution in [0.3, 0.4) is 0 Å². The van der Waals surface area contributed by atoms with Gasteiger partial charge >= 0.3 is 0 Å². The fourth-order valence-electron chi connectivity index (χ4n) is 3.44. The van der Waals surface area contributed by atoms with E-state index in [0.29, 0.717) is 19.6 Å². The number of benzene rings is 2. The van der Waals surface area contributed by atoms with Crippen molar-refractivity contribution in [2.24, 2.45) is 0 Å². The van der Waals surface area contributed by atoms with Crippen LogP contribution in [0.15, 0.2) is 42.5 Å². The molecule has 0 saturated heterocycles. The second-order valence-electron chi connectivity index (χ2n) is 7.06. The van der Waals surface area contributed by atoms with Crippen LogP contribution < -0.4 is 14.8 Å². The number of aryl methyl sites for hydroxylation is 3. The predicted octanol–water partition coefficient (Wildman–Crippen LogP) is 4.23. The lowest BCUT2D eigenvalue weighted by Gasteiger charge is -2.20. The summed E-state index contributed by atoms with van der Waals surface area (Å²) in [6.07, 6.45) is 4.89. The molecule has 1 aliphatic carbocycles. The highest BCUT2D eigenvalue weighted by atomic mass is 16.5. The Kier molecular flexibility index (Phi) is 6.74. The standard InChI is InChI=1S/C23H29NO3/c1-3-21(27-20-13-12-18-9-5-6-10-19(18)16-20)23(25)24-14-15-26-22-11-7-4-8-17(22)2/h4,7-8,11-13,16,21H,3,5-6,9-10,14-15H2,1-2H3,(H,24,25)/t21-/m1/s1. The molecular weight excluding hydrogens is 338 g/mol.